The van der Waals surface area contributed by atoms with Crippen molar-refractivity contribution < 1.29 is 9.53 Å². The SMILES string of the molecule is CCCCCCCCOC1=C(C(C)(C)C)CC(NC(=O)CCc2cc(C(C)(C)C)c(C)c(C(C)(C)C)c2)C=C1C(C)(C)C. The molecule has 0 saturated heterocycles. The fourth-order valence-corrected chi connectivity index (χ4v) is 6.38. The quantitative estimate of drug-likeness (QED) is 0.245. The van der Waals surface area contributed by atoms with Crippen molar-refractivity contribution in [2.45, 2.75) is 172 Å². The maximum Gasteiger partial charge on any atom is 0.220 e. The van der Waals surface area contributed by atoms with E-state index in [1.54, 1.807) is 0 Å². The van der Waals surface area contributed by atoms with Gasteiger partial charge in [0, 0.05) is 6.42 Å². The van der Waals surface area contributed by atoms with E-state index in [-0.39, 0.29) is 33.6 Å². The molecule has 0 heterocycles. The summed E-state index contributed by atoms with van der Waals surface area (Å²) in [6.07, 6.45) is 11.8. The van der Waals surface area contributed by atoms with Crippen LogP contribution in [0.4, 0.5) is 0 Å². The van der Waals surface area contributed by atoms with Gasteiger partial charge in [-0.15, -0.1) is 0 Å². The molecule has 0 aromatic heterocycles. The molecule has 0 bridgehead atoms. The Morgan fingerprint density at radius 3 is 1.81 bits per heavy atom. The van der Waals surface area contributed by atoms with Crippen molar-refractivity contribution in [3.63, 3.8) is 0 Å². The van der Waals surface area contributed by atoms with Gasteiger partial charge >= 0.3 is 0 Å². The maximum absolute atomic E-state index is 13.4. The van der Waals surface area contributed by atoms with Gasteiger partial charge in [0.05, 0.1) is 12.6 Å². The topological polar surface area (TPSA) is 38.3 Å². The molecule has 1 amide bonds. The molecule has 0 saturated carbocycles. The predicted molar refractivity (Wildman–Crippen MR) is 187 cm³/mol. The molecule has 3 nitrogen and oxygen atoms in total. The number of allylic oxidation sites excluding steroid dienone is 1. The largest absolute Gasteiger partial charge is 0.493 e. The van der Waals surface area contributed by atoms with E-state index in [1.165, 1.54) is 65.5 Å². The number of nitrogens with one attached hydrogen (secondary N) is 1. The first-order valence-electron chi connectivity index (χ1n) is 17.2. The molecule has 0 aliphatic heterocycles. The van der Waals surface area contributed by atoms with Gasteiger partial charge in [0.1, 0.15) is 5.76 Å². The molecule has 1 N–H and O–H groups in total. The monoisotopic (exact) mass is 594 g/mol. The zero-order valence-corrected chi connectivity index (χ0v) is 30.7. The summed E-state index contributed by atoms with van der Waals surface area (Å²) in [5.74, 6) is 1.19. The number of hydrogen-bond donors (Lipinski definition) is 1. The average molecular weight is 594 g/mol. The number of carbonyl (C=O) groups excluding carboxylic acids is 1. The van der Waals surface area contributed by atoms with E-state index in [4.69, 9.17) is 4.74 Å². The predicted octanol–water partition coefficient (Wildman–Crippen LogP) is 11.1. The summed E-state index contributed by atoms with van der Waals surface area (Å²) in [6.45, 7) is 32.6. The molecule has 1 aliphatic carbocycles. The number of benzene rings is 1. The maximum atomic E-state index is 13.4. The lowest BCUT2D eigenvalue weighted by atomic mass is 9.72. The third-order valence-electron chi connectivity index (χ3n) is 8.84. The van der Waals surface area contributed by atoms with Crippen molar-refractivity contribution in [3.05, 3.63) is 57.4 Å². The van der Waals surface area contributed by atoms with Crippen molar-refractivity contribution in [3.8, 4) is 0 Å². The van der Waals surface area contributed by atoms with Gasteiger partial charge in [-0.25, -0.2) is 0 Å². The van der Waals surface area contributed by atoms with Gasteiger partial charge in [0.15, 0.2) is 0 Å². The minimum absolute atomic E-state index is 0.0226. The van der Waals surface area contributed by atoms with E-state index in [1.807, 2.05) is 0 Å². The van der Waals surface area contributed by atoms with Crippen LogP contribution >= 0.6 is 0 Å². The van der Waals surface area contributed by atoms with Crippen molar-refractivity contribution in [1.29, 1.82) is 0 Å². The van der Waals surface area contributed by atoms with Gasteiger partial charge in [-0.1, -0.05) is 140 Å². The van der Waals surface area contributed by atoms with E-state index < -0.39 is 0 Å². The summed E-state index contributed by atoms with van der Waals surface area (Å²) in [4.78, 5) is 13.4. The molecule has 1 aromatic carbocycles. The number of ether oxygens (including phenoxy) is 1. The van der Waals surface area contributed by atoms with E-state index >= 15 is 0 Å². The Bertz CT molecular complexity index is 1100. The molecule has 3 heteroatoms. The fourth-order valence-electron chi connectivity index (χ4n) is 6.38. The third kappa shape index (κ3) is 11.1. The summed E-state index contributed by atoms with van der Waals surface area (Å²) < 4.78 is 6.61. The van der Waals surface area contributed by atoms with Crippen molar-refractivity contribution in [2.75, 3.05) is 6.61 Å². The van der Waals surface area contributed by atoms with Gasteiger partial charge in [-0.2, -0.15) is 0 Å². The Hall–Kier alpha value is -2.03. The molecule has 0 radical (unpaired) electrons. The van der Waals surface area contributed by atoms with E-state index in [0.717, 1.165) is 31.6 Å². The fraction of sp³-hybridized carbons (Fsp3) is 0.725. The first kappa shape index (κ1) is 37.2. The second-order valence-electron chi connectivity index (χ2n) is 17.2. The van der Waals surface area contributed by atoms with E-state index in [2.05, 4.69) is 120 Å². The van der Waals surface area contributed by atoms with Crippen LogP contribution in [0, 0.1) is 17.8 Å². The van der Waals surface area contributed by atoms with Gasteiger partial charge in [0.25, 0.3) is 0 Å². The molecule has 2 rings (SSSR count). The Balaban J connectivity index is 2.22. The highest BCUT2D eigenvalue weighted by atomic mass is 16.5. The number of hydrogen-bond acceptors (Lipinski definition) is 2. The van der Waals surface area contributed by atoms with Crippen molar-refractivity contribution in [2.24, 2.45) is 10.8 Å². The number of amides is 1. The minimum Gasteiger partial charge on any atom is -0.493 e. The first-order valence-corrected chi connectivity index (χ1v) is 17.2. The Morgan fingerprint density at radius 2 is 1.33 bits per heavy atom. The zero-order valence-electron chi connectivity index (χ0n) is 30.7. The molecule has 1 aromatic rings. The summed E-state index contributed by atoms with van der Waals surface area (Å²) in [7, 11) is 0. The third-order valence-corrected chi connectivity index (χ3v) is 8.84. The normalized spacial score (nSPS) is 16.8. The van der Waals surface area contributed by atoms with Crippen LogP contribution in [0.3, 0.4) is 0 Å². The van der Waals surface area contributed by atoms with Gasteiger partial charge in [-0.05, 0) is 81.2 Å². The van der Waals surface area contributed by atoms with Crippen LogP contribution < -0.4 is 5.32 Å². The summed E-state index contributed by atoms with van der Waals surface area (Å²) in [6, 6.07) is 4.65. The Labute approximate surface area is 266 Å². The molecule has 1 unspecified atom stereocenters. The Morgan fingerprint density at radius 1 is 0.791 bits per heavy atom. The van der Waals surface area contributed by atoms with Crippen LogP contribution in [0.5, 0.6) is 0 Å². The van der Waals surface area contributed by atoms with Crippen LogP contribution in [-0.2, 0) is 26.8 Å². The Kier molecular flexibility index (Phi) is 12.8. The van der Waals surface area contributed by atoms with Gasteiger partial charge in [-0.3, -0.25) is 4.79 Å². The van der Waals surface area contributed by atoms with Crippen LogP contribution in [-0.4, -0.2) is 18.6 Å². The highest BCUT2D eigenvalue weighted by molar-refractivity contribution is 5.77. The lowest BCUT2D eigenvalue weighted by Crippen LogP contribution is -2.39. The van der Waals surface area contributed by atoms with E-state index in [9.17, 15) is 4.79 Å². The van der Waals surface area contributed by atoms with Gasteiger partial charge in [0.2, 0.25) is 5.91 Å². The zero-order chi connectivity index (χ0) is 32.8. The molecule has 1 aliphatic rings. The minimum atomic E-state index is -0.0784. The highest BCUT2D eigenvalue weighted by Gasteiger charge is 2.35. The number of carbonyl (C=O) groups is 1. The number of aryl methyl sites for hydroxylation is 1. The molecule has 0 spiro atoms. The van der Waals surface area contributed by atoms with Crippen LogP contribution in [0.15, 0.2) is 35.1 Å². The smallest absolute Gasteiger partial charge is 0.220 e. The summed E-state index contributed by atoms with van der Waals surface area (Å²) >= 11 is 0. The standard InChI is InChI=1S/C40H67NO2/c1-15-16-17-18-19-20-23-43-36-33(39(9,10)11)26-30(27-34(36)40(12,13)14)41-35(42)22-21-29-24-31(37(3,4)5)28(2)32(25-29)38(6,7)8/h24-26,30H,15-23,27H2,1-14H3,(H,41,42). The summed E-state index contributed by atoms with van der Waals surface area (Å²) in [5.41, 5.74) is 7.94. The van der Waals surface area contributed by atoms with Crippen LogP contribution in [0.2, 0.25) is 0 Å². The van der Waals surface area contributed by atoms with E-state index in [0.29, 0.717) is 6.42 Å². The molecule has 0 fully saturated rings. The second kappa shape index (κ2) is 14.8. The lowest BCUT2D eigenvalue weighted by molar-refractivity contribution is -0.121. The molecule has 244 valence electrons. The van der Waals surface area contributed by atoms with Crippen molar-refractivity contribution in [1.82, 2.24) is 5.32 Å². The van der Waals surface area contributed by atoms with Crippen molar-refractivity contribution >= 4 is 5.91 Å². The lowest BCUT2D eigenvalue weighted by Gasteiger charge is -2.38. The second-order valence-corrected chi connectivity index (χ2v) is 17.2. The molecule has 43 heavy (non-hydrogen) atoms. The van der Waals surface area contributed by atoms with Crippen LogP contribution in [0.1, 0.15) is 164 Å². The summed E-state index contributed by atoms with van der Waals surface area (Å²) in [5, 5.41) is 3.41. The number of rotatable bonds is 12. The molecular weight excluding hydrogens is 526 g/mol. The molecule has 1 atom stereocenters. The highest BCUT2D eigenvalue weighted by Crippen LogP contribution is 2.44. The number of unbranched alkanes of at least 4 members (excludes halogenated alkanes) is 5. The molecular formula is C40H67NO2. The van der Waals surface area contributed by atoms with Gasteiger partial charge < -0.3 is 10.1 Å². The average Bonchev–Trinajstić information content (AvgIpc) is 2.85. The van der Waals surface area contributed by atoms with Crippen LogP contribution in [0.25, 0.3) is 0 Å². The first-order chi connectivity index (χ1) is 19.7.